The van der Waals surface area contributed by atoms with Gasteiger partial charge in [0.1, 0.15) is 5.75 Å². The minimum Gasteiger partial charge on any atom is -0.496 e. The lowest BCUT2D eigenvalue weighted by Gasteiger charge is -2.04. The van der Waals surface area contributed by atoms with E-state index in [-0.39, 0.29) is 22.1 Å². The number of sulfone groups is 1. The normalized spacial score (nSPS) is 11.1. The van der Waals surface area contributed by atoms with Gasteiger partial charge in [0.15, 0.2) is 9.84 Å². The summed E-state index contributed by atoms with van der Waals surface area (Å²) in [5, 5.41) is 10.6. The average Bonchev–Trinajstić information content (AvgIpc) is 2.28. The second-order valence-electron chi connectivity index (χ2n) is 3.03. The fourth-order valence-corrected chi connectivity index (χ4v) is 2.06. The van der Waals surface area contributed by atoms with Crippen molar-refractivity contribution >= 4 is 15.5 Å². The van der Waals surface area contributed by atoms with Crippen LogP contribution < -0.4 is 4.74 Å². The van der Waals surface area contributed by atoms with E-state index in [1.807, 2.05) is 0 Å². The van der Waals surface area contributed by atoms with E-state index in [1.165, 1.54) is 26.2 Å². The molecule has 0 fully saturated rings. The highest BCUT2D eigenvalue weighted by Gasteiger charge is 2.18. The van der Waals surface area contributed by atoms with Crippen molar-refractivity contribution in [2.45, 2.75) is 11.8 Å². The highest BCUT2D eigenvalue weighted by Crippen LogP contribution is 2.25. The van der Waals surface area contributed by atoms with Crippen LogP contribution in [0.4, 0.5) is 5.69 Å². The number of rotatable bonds is 4. The van der Waals surface area contributed by atoms with E-state index in [0.29, 0.717) is 0 Å². The Labute approximate surface area is 92.9 Å². The van der Waals surface area contributed by atoms with E-state index in [2.05, 4.69) is 0 Å². The Bertz CT molecular complexity index is 509. The summed E-state index contributed by atoms with van der Waals surface area (Å²) in [6, 6.07) is 3.47. The Morgan fingerprint density at radius 2 is 2.00 bits per heavy atom. The van der Waals surface area contributed by atoms with Crippen LogP contribution >= 0.6 is 0 Å². The minimum absolute atomic E-state index is 0.0962. The van der Waals surface area contributed by atoms with Crippen LogP contribution in [0.3, 0.4) is 0 Å². The van der Waals surface area contributed by atoms with E-state index in [0.717, 1.165) is 6.07 Å². The molecule has 0 aliphatic heterocycles. The molecule has 0 amide bonds. The van der Waals surface area contributed by atoms with E-state index in [9.17, 15) is 18.5 Å². The lowest BCUT2D eigenvalue weighted by Crippen LogP contribution is -2.04. The predicted octanol–water partition coefficient (Wildman–Crippen LogP) is 1.40. The number of nitrogens with zero attached hydrogens (tertiary/aromatic N) is 1. The highest BCUT2D eigenvalue weighted by molar-refractivity contribution is 7.91. The summed E-state index contributed by atoms with van der Waals surface area (Å²) in [6.07, 6.45) is 0. The van der Waals surface area contributed by atoms with Gasteiger partial charge in [0, 0.05) is 6.07 Å². The molecule has 7 heteroatoms. The Kier molecular flexibility index (Phi) is 3.48. The molecule has 1 rings (SSSR count). The summed E-state index contributed by atoms with van der Waals surface area (Å²) in [7, 11) is -2.15. The Morgan fingerprint density at radius 3 is 2.44 bits per heavy atom. The fraction of sp³-hybridized carbons (Fsp3) is 0.333. The Morgan fingerprint density at radius 1 is 1.38 bits per heavy atom. The average molecular weight is 245 g/mol. The van der Waals surface area contributed by atoms with Gasteiger partial charge in [-0.2, -0.15) is 0 Å². The van der Waals surface area contributed by atoms with Crippen LogP contribution in [-0.2, 0) is 9.84 Å². The van der Waals surface area contributed by atoms with E-state index in [4.69, 9.17) is 4.74 Å². The van der Waals surface area contributed by atoms with Crippen molar-refractivity contribution in [2.24, 2.45) is 0 Å². The molecule has 88 valence electrons. The molecule has 0 aromatic heterocycles. The van der Waals surface area contributed by atoms with Gasteiger partial charge >= 0.3 is 0 Å². The summed E-state index contributed by atoms with van der Waals surface area (Å²) in [6.45, 7) is 1.47. The van der Waals surface area contributed by atoms with Gasteiger partial charge in [-0.3, -0.25) is 10.1 Å². The fourth-order valence-electron chi connectivity index (χ4n) is 1.13. The molecular formula is C9H11NO5S. The number of benzene rings is 1. The molecular weight excluding hydrogens is 234 g/mol. The largest absolute Gasteiger partial charge is 0.496 e. The van der Waals surface area contributed by atoms with Crippen LogP contribution in [0, 0.1) is 10.1 Å². The van der Waals surface area contributed by atoms with Crippen LogP contribution in [-0.4, -0.2) is 26.2 Å². The van der Waals surface area contributed by atoms with Gasteiger partial charge in [-0.05, 0) is 6.07 Å². The summed E-state index contributed by atoms with van der Waals surface area (Å²) < 4.78 is 27.9. The van der Waals surface area contributed by atoms with Gasteiger partial charge in [-0.1, -0.05) is 6.92 Å². The first kappa shape index (κ1) is 12.4. The molecule has 0 saturated carbocycles. The van der Waals surface area contributed by atoms with Crippen molar-refractivity contribution in [3.8, 4) is 5.75 Å². The smallest absolute Gasteiger partial charge is 0.274 e. The number of hydrogen-bond donors (Lipinski definition) is 0. The van der Waals surface area contributed by atoms with Crippen molar-refractivity contribution < 1.29 is 18.1 Å². The van der Waals surface area contributed by atoms with Crippen molar-refractivity contribution in [1.82, 2.24) is 0 Å². The van der Waals surface area contributed by atoms with E-state index < -0.39 is 14.8 Å². The maximum absolute atomic E-state index is 11.6. The SMILES string of the molecule is CCS(=O)(=O)c1cc(OC)cc([N+](=O)[O-])c1. The van der Waals surface area contributed by atoms with Gasteiger partial charge in [-0.15, -0.1) is 0 Å². The monoisotopic (exact) mass is 245 g/mol. The van der Waals surface area contributed by atoms with Gasteiger partial charge < -0.3 is 4.74 Å². The zero-order valence-electron chi connectivity index (χ0n) is 8.84. The van der Waals surface area contributed by atoms with Crippen LogP contribution in [0.5, 0.6) is 5.75 Å². The van der Waals surface area contributed by atoms with Gasteiger partial charge in [-0.25, -0.2) is 8.42 Å². The molecule has 0 heterocycles. The van der Waals surface area contributed by atoms with Crippen LogP contribution in [0.2, 0.25) is 0 Å². The third-order valence-electron chi connectivity index (χ3n) is 2.05. The molecule has 0 radical (unpaired) electrons. The molecule has 1 aromatic rings. The van der Waals surface area contributed by atoms with Crippen molar-refractivity contribution in [3.05, 3.63) is 28.3 Å². The Hall–Kier alpha value is -1.63. The topological polar surface area (TPSA) is 86.5 Å². The maximum Gasteiger partial charge on any atom is 0.274 e. The van der Waals surface area contributed by atoms with Crippen LogP contribution in [0.15, 0.2) is 23.1 Å². The van der Waals surface area contributed by atoms with E-state index in [1.54, 1.807) is 0 Å². The molecule has 0 atom stereocenters. The molecule has 0 N–H and O–H groups in total. The molecule has 0 saturated heterocycles. The molecule has 6 nitrogen and oxygen atoms in total. The summed E-state index contributed by atoms with van der Waals surface area (Å²) in [4.78, 5) is 9.84. The standard InChI is InChI=1S/C9H11NO5S/c1-3-16(13,14)9-5-7(10(11)12)4-8(6-9)15-2/h4-6H,3H2,1-2H3. The number of nitro benzene ring substituents is 1. The second kappa shape index (κ2) is 4.48. The zero-order valence-corrected chi connectivity index (χ0v) is 9.65. The maximum atomic E-state index is 11.6. The summed E-state index contributed by atoms with van der Waals surface area (Å²) in [5.74, 6) is 0.0401. The van der Waals surface area contributed by atoms with Crippen molar-refractivity contribution in [1.29, 1.82) is 0 Å². The second-order valence-corrected chi connectivity index (χ2v) is 5.31. The number of ether oxygens (including phenoxy) is 1. The highest BCUT2D eigenvalue weighted by atomic mass is 32.2. The summed E-state index contributed by atoms with van der Waals surface area (Å²) in [5.41, 5.74) is -0.300. The lowest BCUT2D eigenvalue weighted by molar-refractivity contribution is -0.385. The number of hydrogen-bond acceptors (Lipinski definition) is 5. The molecule has 0 aliphatic carbocycles. The third-order valence-corrected chi connectivity index (χ3v) is 3.76. The van der Waals surface area contributed by atoms with Crippen molar-refractivity contribution in [2.75, 3.05) is 12.9 Å². The first-order chi connectivity index (χ1) is 7.40. The van der Waals surface area contributed by atoms with Gasteiger partial charge in [0.2, 0.25) is 0 Å². The lowest BCUT2D eigenvalue weighted by atomic mass is 10.3. The minimum atomic E-state index is -3.47. The first-order valence-corrected chi connectivity index (χ1v) is 6.12. The van der Waals surface area contributed by atoms with E-state index >= 15 is 0 Å². The van der Waals surface area contributed by atoms with Crippen molar-refractivity contribution in [3.63, 3.8) is 0 Å². The number of non-ortho nitro benzene ring substituents is 1. The van der Waals surface area contributed by atoms with Crippen LogP contribution in [0.25, 0.3) is 0 Å². The molecule has 1 aromatic carbocycles. The molecule has 0 aliphatic rings. The Balaban J connectivity index is 3.42. The van der Waals surface area contributed by atoms with Gasteiger partial charge in [0.25, 0.3) is 5.69 Å². The summed E-state index contributed by atoms with van der Waals surface area (Å²) >= 11 is 0. The molecule has 16 heavy (non-hydrogen) atoms. The molecule has 0 spiro atoms. The molecule has 0 bridgehead atoms. The van der Waals surface area contributed by atoms with Crippen LogP contribution in [0.1, 0.15) is 6.92 Å². The molecule has 0 unspecified atom stereocenters. The third kappa shape index (κ3) is 2.48. The van der Waals surface area contributed by atoms with Gasteiger partial charge in [0.05, 0.1) is 28.7 Å². The number of methoxy groups -OCH3 is 1. The zero-order chi connectivity index (χ0) is 12.3. The number of nitro groups is 1. The predicted molar refractivity (Wildman–Crippen MR) is 57.4 cm³/mol. The quantitative estimate of drug-likeness (QED) is 0.591. The first-order valence-electron chi connectivity index (χ1n) is 4.47.